The van der Waals surface area contributed by atoms with Crippen molar-refractivity contribution < 1.29 is 44.6 Å². The van der Waals surface area contributed by atoms with Crippen LogP contribution in [0.15, 0.2) is 47.1 Å². The van der Waals surface area contributed by atoms with Crippen LogP contribution in [0.2, 0.25) is 15.1 Å². The number of benzene rings is 2. The van der Waals surface area contributed by atoms with Crippen molar-refractivity contribution in [1.82, 2.24) is 10.1 Å². The first-order valence-electron chi connectivity index (χ1n) is 12.5. The molecule has 0 bridgehead atoms. The van der Waals surface area contributed by atoms with E-state index >= 15 is 0 Å². The number of carboxylic acid groups (broad SMARTS) is 1. The molecule has 4 aromatic rings. The van der Waals surface area contributed by atoms with Gasteiger partial charge in [0.1, 0.15) is 35.2 Å². The Bertz CT molecular complexity index is 1670. The van der Waals surface area contributed by atoms with Crippen LogP contribution < -0.4 is 9.64 Å². The second kappa shape index (κ2) is 10.4. The Balaban J connectivity index is 1.19. The highest BCUT2D eigenvalue weighted by Crippen LogP contribution is 2.46. The van der Waals surface area contributed by atoms with Gasteiger partial charge in [-0.1, -0.05) is 34.4 Å². The van der Waals surface area contributed by atoms with Crippen LogP contribution >= 0.6 is 23.2 Å². The number of aliphatic hydroxyl groups is 1. The predicted molar refractivity (Wildman–Crippen MR) is 142 cm³/mol. The van der Waals surface area contributed by atoms with Crippen molar-refractivity contribution in [2.45, 2.75) is 31.0 Å². The van der Waals surface area contributed by atoms with Crippen LogP contribution in [-0.4, -0.2) is 39.4 Å². The molecule has 2 fully saturated rings. The van der Waals surface area contributed by atoms with Gasteiger partial charge in [0.2, 0.25) is 5.02 Å². The van der Waals surface area contributed by atoms with Crippen LogP contribution in [0.3, 0.4) is 0 Å². The molecule has 2 aromatic carbocycles. The van der Waals surface area contributed by atoms with Gasteiger partial charge in [-0.3, -0.25) is 0 Å². The molecule has 2 aromatic heterocycles. The standard InChI is InChI=1S/C28H20Cl3F2N3O5/c29-19-8-16(3-4-18(19)28(39)11-36(12-28)26-22(33)5-14(9-34-26)27(37)38)40-10-17-24(35-41-25(17)13-1-2-13)23-20(30)6-15(32)7-21(23)31/h3-9,13,30,39H,1-2,10-12H2/p+1. The van der Waals surface area contributed by atoms with E-state index in [-0.39, 0.29) is 52.1 Å². The average Bonchev–Trinajstić information content (AvgIpc) is 3.65. The molecular formula is C28H21Cl3F2N3O5+. The summed E-state index contributed by atoms with van der Waals surface area (Å²) in [5.74, 6) is -1.42. The summed E-state index contributed by atoms with van der Waals surface area (Å²) in [7, 11) is 0. The first-order chi connectivity index (χ1) is 19.5. The Morgan fingerprint density at radius 2 is 1.93 bits per heavy atom. The zero-order valence-corrected chi connectivity index (χ0v) is 23.4. The van der Waals surface area contributed by atoms with Gasteiger partial charge < -0.3 is 24.4 Å². The highest BCUT2D eigenvalue weighted by molar-refractivity contribution is 6.33. The van der Waals surface area contributed by atoms with Crippen molar-refractivity contribution in [1.29, 1.82) is 0 Å². The summed E-state index contributed by atoms with van der Waals surface area (Å²) < 4.78 is 39.9. The summed E-state index contributed by atoms with van der Waals surface area (Å²) in [4.78, 5) is 16.4. The maximum Gasteiger partial charge on any atom is 0.337 e. The molecule has 0 spiro atoms. The fraction of sp³-hybridized carbons (Fsp3) is 0.250. The Labute approximate surface area is 247 Å². The molecule has 3 heterocycles. The molecule has 13 heteroatoms. The van der Waals surface area contributed by atoms with Crippen LogP contribution in [0.4, 0.5) is 14.6 Å². The normalized spacial score (nSPS) is 16.0. The third kappa shape index (κ3) is 5.21. The Kier molecular flexibility index (Phi) is 7.05. The fourth-order valence-corrected chi connectivity index (χ4v) is 5.93. The molecule has 1 aliphatic carbocycles. The number of nitrogens with zero attached hydrogens (tertiary/aromatic N) is 3. The zero-order chi connectivity index (χ0) is 29.1. The van der Waals surface area contributed by atoms with Crippen LogP contribution in [0.1, 0.15) is 46.0 Å². The summed E-state index contributed by atoms with van der Waals surface area (Å²) in [6.07, 6.45) is 2.95. The second-order valence-electron chi connectivity index (χ2n) is 10.1. The molecule has 2 aliphatic rings. The van der Waals surface area contributed by atoms with Crippen LogP contribution in [-0.2, 0) is 12.2 Å². The van der Waals surface area contributed by atoms with E-state index in [4.69, 9.17) is 49.2 Å². The van der Waals surface area contributed by atoms with Gasteiger partial charge in [0.05, 0.1) is 39.8 Å². The number of aromatic nitrogens is 2. The summed E-state index contributed by atoms with van der Waals surface area (Å²) in [6, 6.07) is 8.09. The quantitative estimate of drug-likeness (QED) is 0.251. The molecule has 1 saturated carbocycles. The lowest BCUT2D eigenvalue weighted by molar-refractivity contribution is -0.288. The van der Waals surface area contributed by atoms with Gasteiger partial charge in [-0.25, -0.2) is 18.6 Å². The number of carboxylic acids is 1. The number of anilines is 1. The maximum absolute atomic E-state index is 14.4. The maximum atomic E-state index is 14.4. The molecule has 0 amide bonds. The average molecular weight is 624 g/mol. The molecule has 1 saturated heterocycles. The van der Waals surface area contributed by atoms with Crippen LogP contribution in [0.25, 0.3) is 11.3 Å². The first kappa shape index (κ1) is 27.7. The molecule has 212 valence electrons. The minimum Gasteiger partial charge on any atom is -0.489 e. The van der Waals surface area contributed by atoms with E-state index in [2.05, 4.69) is 10.1 Å². The molecule has 2 N–H and O–H groups in total. The summed E-state index contributed by atoms with van der Waals surface area (Å²) in [6.45, 7) is 0.0535. The highest BCUT2D eigenvalue weighted by Gasteiger charge is 2.45. The molecular weight excluding hydrogens is 603 g/mol. The monoisotopic (exact) mass is 622 g/mol. The third-order valence-electron chi connectivity index (χ3n) is 7.12. The number of rotatable bonds is 8. The van der Waals surface area contributed by atoms with Crippen LogP contribution in [0, 0.1) is 23.2 Å². The topological polar surface area (TPSA) is 109 Å². The lowest BCUT2D eigenvalue weighted by Crippen LogP contribution is -2.60. The minimum absolute atomic E-state index is 0.000100. The number of hydrogen-bond donors (Lipinski definition) is 2. The molecule has 0 radical (unpaired) electrons. The predicted octanol–water partition coefficient (Wildman–Crippen LogP) is 5.88. The van der Waals surface area contributed by atoms with E-state index in [0.29, 0.717) is 33.9 Å². The van der Waals surface area contributed by atoms with E-state index in [1.165, 1.54) is 17.0 Å². The Morgan fingerprint density at radius 1 is 1.17 bits per heavy atom. The molecule has 8 nitrogen and oxygen atoms in total. The number of aromatic carboxylic acids is 1. The first-order valence-corrected chi connectivity index (χ1v) is 13.6. The lowest BCUT2D eigenvalue weighted by Gasteiger charge is -2.47. The molecule has 41 heavy (non-hydrogen) atoms. The largest absolute Gasteiger partial charge is 0.489 e. The van der Waals surface area contributed by atoms with Gasteiger partial charge in [0.25, 0.3) is 0 Å². The third-order valence-corrected chi connectivity index (χ3v) is 8.05. The van der Waals surface area contributed by atoms with E-state index < -0.39 is 23.2 Å². The van der Waals surface area contributed by atoms with Crippen LogP contribution in [0.5, 0.6) is 5.75 Å². The van der Waals surface area contributed by atoms with Crippen molar-refractivity contribution in [3.05, 3.63) is 91.7 Å². The van der Waals surface area contributed by atoms with Crippen molar-refractivity contribution >= 4 is 35.0 Å². The zero-order valence-electron chi connectivity index (χ0n) is 21.0. The van der Waals surface area contributed by atoms with Crippen molar-refractivity contribution in [3.63, 3.8) is 0 Å². The molecule has 1 aliphatic heterocycles. The summed E-state index contributed by atoms with van der Waals surface area (Å²) in [5.41, 5.74) is 0.215. The Morgan fingerprint density at radius 3 is 2.56 bits per heavy atom. The minimum atomic E-state index is -1.38. The van der Waals surface area contributed by atoms with Crippen molar-refractivity contribution in [2.24, 2.45) is 0 Å². The van der Waals surface area contributed by atoms with Crippen molar-refractivity contribution in [2.75, 3.05) is 18.0 Å². The number of β-amino-alcohol motifs (C(OH)–C–C–N with tert-alkyl or cyclic N) is 1. The van der Waals surface area contributed by atoms with E-state index in [0.717, 1.165) is 25.1 Å². The SMILES string of the molecule is O=C(O)c1cnc(N2CC(O)(c3ccc(OCc4c(-c5c(Cl)cc(F)cc5[ClH+])noc4C4CC4)cc3Cl)C2)c(F)c1. The van der Waals surface area contributed by atoms with Gasteiger partial charge >= 0.3 is 5.97 Å². The van der Waals surface area contributed by atoms with Gasteiger partial charge in [-0.2, -0.15) is 0 Å². The van der Waals surface area contributed by atoms with Crippen molar-refractivity contribution in [3.8, 4) is 17.0 Å². The summed E-state index contributed by atoms with van der Waals surface area (Å²) >= 11 is 18.2. The number of ether oxygens (including phenoxy) is 1. The van der Waals surface area contributed by atoms with Gasteiger partial charge in [0, 0.05) is 23.7 Å². The van der Waals surface area contributed by atoms with E-state index in [1.807, 2.05) is 0 Å². The summed E-state index contributed by atoms with van der Waals surface area (Å²) in [5, 5.41) is 24.9. The number of hydrogen-bond acceptors (Lipinski definition) is 7. The lowest BCUT2D eigenvalue weighted by atomic mass is 9.86. The number of pyridine rings is 1. The smallest absolute Gasteiger partial charge is 0.337 e. The highest BCUT2D eigenvalue weighted by atomic mass is 35.5. The van der Waals surface area contributed by atoms with Gasteiger partial charge in [-0.15, -0.1) is 0 Å². The molecule has 0 unspecified atom stereocenters. The Hall–Kier alpha value is -3.44. The van der Waals surface area contributed by atoms with E-state index in [1.54, 1.807) is 18.2 Å². The van der Waals surface area contributed by atoms with E-state index in [9.17, 15) is 18.7 Å². The van der Waals surface area contributed by atoms with Gasteiger partial charge in [-0.05, 0) is 37.1 Å². The number of carbonyl (C=O) groups is 1. The number of halogens is 5. The second-order valence-corrected chi connectivity index (χ2v) is 11.3. The molecule has 6 rings (SSSR count). The molecule has 0 atom stereocenters. The fourth-order valence-electron chi connectivity index (χ4n) is 4.91. The van der Waals surface area contributed by atoms with Gasteiger partial charge in [0.15, 0.2) is 23.2 Å².